The van der Waals surface area contributed by atoms with Crippen LogP contribution in [0.5, 0.6) is 5.75 Å². The molecule has 2 rings (SSSR count). The average molecular weight is 374 g/mol. The molecule has 0 saturated carbocycles. The van der Waals surface area contributed by atoms with Crippen LogP contribution in [-0.2, 0) is 11.3 Å². The summed E-state index contributed by atoms with van der Waals surface area (Å²) >= 11 is 0.164. The van der Waals surface area contributed by atoms with Crippen molar-refractivity contribution >= 4 is 25.3 Å². The first-order valence-corrected chi connectivity index (χ1v) is 9.49. The third-order valence-corrected chi connectivity index (χ3v) is 5.43. The monoisotopic (exact) mass is 375 g/mol. The van der Waals surface area contributed by atoms with Gasteiger partial charge in [0.1, 0.15) is 0 Å². The van der Waals surface area contributed by atoms with Crippen LogP contribution >= 0.6 is 0 Å². The molecule has 4 heteroatoms. The summed E-state index contributed by atoms with van der Waals surface area (Å²) in [5.74, 6) is 0.993. The molecule has 0 saturated heterocycles. The van der Waals surface area contributed by atoms with Gasteiger partial charge in [0.25, 0.3) is 0 Å². The van der Waals surface area contributed by atoms with Gasteiger partial charge in [-0.15, -0.1) is 0 Å². The van der Waals surface area contributed by atoms with Gasteiger partial charge in [0, 0.05) is 0 Å². The molecule has 0 atom stereocenters. The van der Waals surface area contributed by atoms with Crippen molar-refractivity contribution in [3.05, 3.63) is 72.8 Å². The maximum absolute atomic E-state index is 12.5. The molecule has 0 aliphatic rings. The Balaban J connectivity index is 1.95. The summed E-state index contributed by atoms with van der Waals surface area (Å²) in [6.45, 7) is 4.92. The molecule has 0 unspecified atom stereocenters. The predicted octanol–water partition coefficient (Wildman–Crippen LogP) is 2.66. The molecule has 0 aromatic heterocycles. The molecule has 1 amide bonds. The number of nitrogens with zero attached hydrogens (tertiary/aromatic N) is 1. The molecule has 0 radical (unpaired) electrons. The van der Waals surface area contributed by atoms with Gasteiger partial charge in [-0.05, 0) is 0 Å². The van der Waals surface area contributed by atoms with Crippen molar-refractivity contribution < 1.29 is 9.53 Å². The Kier molecular flexibility index (Phi) is 6.92. The number of ether oxygens (including phenoxy) is 1. The topological polar surface area (TPSA) is 29.5 Å². The van der Waals surface area contributed by atoms with Gasteiger partial charge in [0.05, 0.1) is 0 Å². The van der Waals surface area contributed by atoms with Gasteiger partial charge in [0.2, 0.25) is 0 Å². The Morgan fingerprint density at radius 2 is 1.87 bits per heavy atom. The van der Waals surface area contributed by atoms with E-state index in [0.29, 0.717) is 18.4 Å². The SMILES string of the molecule is C=CCN(Cc1ccc(OC)cc1)C(=O)C[Se]c1ccccc1. The molecular weight excluding hydrogens is 353 g/mol. The van der Waals surface area contributed by atoms with Gasteiger partial charge in [-0.25, -0.2) is 0 Å². The van der Waals surface area contributed by atoms with Crippen molar-refractivity contribution in [2.24, 2.45) is 0 Å². The minimum atomic E-state index is 0.164. The zero-order valence-electron chi connectivity index (χ0n) is 13.3. The second kappa shape index (κ2) is 9.19. The third-order valence-electron chi connectivity index (χ3n) is 3.34. The van der Waals surface area contributed by atoms with Gasteiger partial charge in [0.15, 0.2) is 0 Å². The van der Waals surface area contributed by atoms with Gasteiger partial charge in [-0.2, -0.15) is 0 Å². The first kappa shape index (κ1) is 17.3. The van der Waals surface area contributed by atoms with Crippen LogP contribution in [0.4, 0.5) is 0 Å². The van der Waals surface area contributed by atoms with Crippen LogP contribution in [0.1, 0.15) is 5.56 Å². The molecule has 23 heavy (non-hydrogen) atoms. The van der Waals surface area contributed by atoms with E-state index in [0.717, 1.165) is 11.3 Å². The number of carbonyl (C=O) groups excluding carboxylic acids is 1. The van der Waals surface area contributed by atoms with Crippen LogP contribution in [0.3, 0.4) is 0 Å². The van der Waals surface area contributed by atoms with Crippen molar-refractivity contribution in [3.63, 3.8) is 0 Å². The number of hydrogen-bond donors (Lipinski definition) is 0. The van der Waals surface area contributed by atoms with Crippen molar-refractivity contribution in [3.8, 4) is 5.75 Å². The molecule has 0 heterocycles. The van der Waals surface area contributed by atoms with E-state index < -0.39 is 0 Å². The summed E-state index contributed by atoms with van der Waals surface area (Å²) in [5.41, 5.74) is 1.09. The van der Waals surface area contributed by atoms with E-state index >= 15 is 0 Å². The summed E-state index contributed by atoms with van der Waals surface area (Å²) in [6.07, 6.45) is 1.77. The predicted molar refractivity (Wildman–Crippen MR) is 95.2 cm³/mol. The van der Waals surface area contributed by atoms with Crippen molar-refractivity contribution in [2.45, 2.75) is 11.9 Å². The Morgan fingerprint density at radius 1 is 1.17 bits per heavy atom. The number of rotatable bonds is 8. The number of hydrogen-bond acceptors (Lipinski definition) is 2. The molecule has 120 valence electrons. The zero-order valence-corrected chi connectivity index (χ0v) is 15.0. The second-order valence-corrected chi connectivity index (χ2v) is 7.21. The van der Waals surface area contributed by atoms with E-state index in [9.17, 15) is 4.79 Å². The van der Waals surface area contributed by atoms with Crippen LogP contribution < -0.4 is 9.20 Å². The average Bonchev–Trinajstić information content (AvgIpc) is 2.61. The van der Waals surface area contributed by atoms with Gasteiger partial charge in [-0.1, -0.05) is 0 Å². The fraction of sp³-hybridized carbons (Fsp3) is 0.211. The molecule has 3 nitrogen and oxygen atoms in total. The van der Waals surface area contributed by atoms with Crippen molar-refractivity contribution in [2.75, 3.05) is 13.7 Å². The molecule has 0 bridgehead atoms. The summed E-state index contributed by atoms with van der Waals surface area (Å²) in [5, 5.41) is 0.570. The third kappa shape index (κ3) is 5.59. The summed E-state index contributed by atoms with van der Waals surface area (Å²) < 4.78 is 6.41. The fourth-order valence-electron chi connectivity index (χ4n) is 2.11. The second-order valence-electron chi connectivity index (χ2n) is 5.01. The van der Waals surface area contributed by atoms with Crippen LogP contribution in [0, 0.1) is 0 Å². The summed E-state index contributed by atoms with van der Waals surface area (Å²) in [6, 6.07) is 18.0. The number of carbonyl (C=O) groups is 1. The van der Waals surface area contributed by atoms with Gasteiger partial charge < -0.3 is 0 Å². The zero-order chi connectivity index (χ0) is 16.5. The molecule has 2 aromatic carbocycles. The Hall–Kier alpha value is -2.03. The van der Waals surface area contributed by atoms with E-state index in [2.05, 4.69) is 18.7 Å². The molecule has 0 fully saturated rings. The van der Waals surface area contributed by atoms with E-state index in [-0.39, 0.29) is 20.9 Å². The summed E-state index contributed by atoms with van der Waals surface area (Å²) in [4.78, 5) is 14.3. The molecule has 0 aliphatic carbocycles. The Labute approximate surface area is 144 Å². The number of benzene rings is 2. The van der Waals surface area contributed by atoms with E-state index in [1.54, 1.807) is 13.2 Å². The molecule has 0 N–H and O–H groups in total. The number of amides is 1. The maximum atomic E-state index is 12.5. The standard InChI is InChI=1S/C19H21NO2Se/c1-3-13-20(14-16-9-11-17(22-2)12-10-16)19(21)15-23-18-7-5-4-6-8-18/h3-12H,1,13-15H2,2H3. The molecule has 0 aliphatic heterocycles. The Morgan fingerprint density at radius 3 is 2.48 bits per heavy atom. The quantitative estimate of drug-likeness (QED) is 0.525. The van der Waals surface area contributed by atoms with E-state index in [4.69, 9.17) is 4.74 Å². The van der Waals surface area contributed by atoms with Gasteiger partial charge >= 0.3 is 144 Å². The molecular formula is C19H21NO2Se. The molecule has 0 spiro atoms. The minimum absolute atomic E-state index is 0.164. The fourth-order valence-corrected chi connectivity index (χ4v) is 3.84. The van der Waals surface area contributed by atoms with Crippen LogP contribution in [0.2, 0.25) is 5.32 Å². The summed E-state index contributed by atoms with van der Waals surface area (Å²) in [7, 11) is 1.65. The van der Waals surface area contributed by atoms with E-state index in [1.807, 2.05) is 47.4 Å². The van der Waals surface area contributed by atoms with Crippen LogP contribution in [0.15, 0.2) is 67.3 Å². The van der Waals surface area contributed by atoms with E-state index in [1.165, 1.54) is 4.46 Å². The first-order chi connectivity index (χ1) is 11.2. The Bertz CT molecular complexity index is 626. The number of methoxy groups -OCH3 is 1. The van der Waals surface area contributed by atoms with Gasteiger partial charge in [-0.3, -0.25) is 0 Å². The first-order valence-electron chi connectivity index (χ1n) is 7.42. The van der Waals surface area contributed by atoms with Crippen LogP contribution in [-0.4, -0.2) is 39.4 Å². The van der Waals surface area contributed by atoms with Crippen LogP contribution in [0.25, 0.3) is 0 Å². The molecule has 2 aromatic rings. The van der Waals surface area contributed by atoms with Crippen molar-refractivity contribution in [1.82, 2.24) is 4.90 Å². The van der Waals surface area contributed by atoms with Crippen molar-refractivity contribution in [1.29, 1.82) is 0 Å². The normalized spacial score (nSPS) is 10.1.